The van der Waals surface area contributed by atoms with Crippen LogP contribution in [0.15, 0.2) is 23.6 Å². The van der Waals surface area contributed by atoms with Gasteiger partial charge >= 0.3 is 0 Å². The number of rotatable bonds is 2. The molecular weight excluding hydrogens is 247 g/mol. The Morgan fingerprint density at radius 3 is 3.00 bits per heavy atom. The van der Waals surface area contributed by atoms with Crippen LogP contribution in [0, 0.1) is 17.1 Å². The van der Waals surface area contributed by atoms with Crippen molar-refractivity contribution in [2.45, 2.75) is 6.42 Å². The lowest BCUT2D eigenvalue weighted by Crippen LogP contribution is -1.85. The molecule has 0 aliphatic heterocycles. The highest BCUT2D eigenvalue weighted by Gasteiger charge is 2.09. The molecule has 16 heavy (non-hydrogen) atoms. The summed E-state index contributed by atoms with van der Waals surface area (Å²) in [6.07, 6.45) is 0.242. The van der Waals surface area contributed by atoms with E-state index in [1.54, 1.807) is 17.5 Å². The lowest BCUT2D eigenvalue weighted by atomic mass is 10.2. The fourth-order valence-electron chi connectivity index (χ4n) is 1.26. The largest absolute Gasteiger partial charge is 0.240 e. The summed E-state index contributed by atoms with van der Waals surface area (Å²) in [7, 11) is 0. The highest BCUT2D eigenvalue weighted by Crippen LogP contribution is 2.28. The first-order valence-corrected chi connectivity index (χ1v) is 5.73. The van der Waals surface area contributed by atoms with Gasteiger partial charge in [-0.1, -0.05) is 11.6 Å². The van der Waals surface area contributed by atoms with Crippen LogP contribution in [0.5, 0.6) is 0 Å². The molecular formula is C11H6ClFN2S. The second-order valence-electron chi connectivity index (χ2n) is 3.10. The minimum absolute atomic E-state index is 0.242. The van der Waals surface area contributed by atoms with Crippen LogP contribution in [0.3, 0.4) is 0 Å². The Bertz CT molecular complexity index is 559. The summed E-state index contributed by atoms with van der Waals surface area (Å²) in [5.41, 5.74) is 1.08. The van der Waals surface area contributed by atoms with Gasteiger partial charge in [-0.25, -0.2) is 9.37 Å². The van der Waals surface area contributed by atoms with Gasteiger partial charge in [0.05, 0.1) is 18.2 Å². The van der Waals surface area contributed by atoms with Crippen LogP contribution in [-0.4, -0.2) is 4.98 Å². The molecule has 80 valence electrons. The molecule has 5 heteroatoms. The Balaban J connectivity index is 2.39. The van der Waals surface area contributed by atoms with E-state index < -0.39 is 5.82 Å². The van der Waals surface area contributed by atoms with E-state index in [-0.39, 0.29) is 6.42 Å². The third kappa shape index (κ3) is 2.21. The molecule has 0 aliphatic carbocycles. The van der Waals surface area contributed by atoms with E-state index >= 15 is 0 Å². The first-order valence-electron chi connectivity index (χ1n) is 4.47. The summed E-state index contributed by atoms with van der Waals surface area (Å²) >= 11 is 6.98. The van der Waals surface area contributed by atoms with Crippen LogP contribution in [-0.2, 0) is 6.42 Å². The van der Waals surface area contributed by atoms with Gasteiger partial charge in [-0.2, -0.15) is 5.26 Å². The van der Waals surface area contributed by atoms with Gasteiger partial charge in [0.25, 0.3) is 0 Å². The Morgan fingerprint density at radius 2 is 2.31 bits per heavy atom. The zero-order chi connectivity index (χ0) is 11.5. The molecule has 0 atom stereocenters. The van der Waals surface area contributed by atoms with Gasteiger partial charge in [-0.3, -0.25) is 0 Å². The minimum Gasteiger partial charge on any atom is -0.240 e. The molecule has 1 aromatic heterocycles. The molecule has 0 spiro atoms. The van der Waals surface area contributed by atoms with Gasteiger partial charge in [0.1, 0.15) is 10.8 Å². The third-order valence-corrected chi connectivity index (χ3v) is 3.13. The number of nitriles is 1. The average molecular weight is 253 g/mol. The molecule has 0 N–H and O–H groups in total. The van der Waals surface area contributed by atoms with Gasteiger partial charge < -0.3 is 0 Å². The van der Waals surface area contributed by atoms with Crippen LogP contribution in [0.1, 0.15) is 5.69 Å². The van der Waals surface area contributed by atoms with E-state index in [9.17, 15) is 4.39 Å². The van der Waals surface area contributed by atoms with Crippen molar-refractivity contribution in [3.8, 4) is 16.6 Å². The number of benzene rings is 1. The molecule has 1 aromatic carbocycles. The lowest BCUT2D eigenvalue weighted by molar-refractivity contribution is 0.631. The second kappa shape index (κ2) is 4.60. The minimum atomic E-state index is -0.398. The summed E-state index contributed by atoms with van der Waals surface area (Å²) in [6, 6.07) is 6.46. The van der Waals surface area contributed by atoms with E-state index in [4.69, 9.17) is 16.9 Å². The zero-order valence-corrected chi connectivity index (χ0v) is 9.65. The fourth-order valence-corrected chi connectivity index (χ4v) is 2.26. The monoisotopic (exact) mass is 252 g/mol. The molecule has 0 unspecified atom stereocenters. The summed E-state index contributed by atoms with van der Waals surface area (Å²) in [6.45, 7) is 0. The molecule has 0 aliphatic rings. The molecule has 0 saturated heterocycles. The summed E-state index contributed by atoms with van der Waals surface area (Å²) < 4.78 is 13.5. The molecule has 2 nitrogen and oxygen atoms in total. The number of aromatic nitrogens is 1. The highest BCUT2D eigenvalue weighted by atomic mass is 35.5. The normalized spacial score (nSPS) is 10.1. The van der Waals surface area contributed by atoms with Crippen molar-refractivity contribution >= 4 is 22.9 Å². The van der Waals surface area contributed by atoms with Crippen LogP contribution in [0.25, 0.3) is 10.6 Å². The van der Waals surface area contributed by atoms with Crippen LogP contribution >= 0.6 is 22.9 Å². The van der Waals surface area contributed by atoms with Crippen molar-refractivity contribution < 1.29 is 4.39 Å². The quantitative estimate of drug-likeness (QED) is 0.818. The predicted molar refractivity (Wildman–Crippen MR) is 61.8 cm³/mol. The standard InChI is InChI=1S/C11H6ClFN2S/c12-7-1-2-9(10(13)5-7)11-15-8(3-4-14)6-16-11/h1-2,5-6H,3H2. The van der Waals surface area contributed by atoms with Crippen molar-refractivity contribution in [3.05, 3.63) is 40.1 Å². The number of hydrogen-bond acceptors (Lipinski definition) is 3. The number of hydrogen-bond donors (Lipinski definition) is 0. The summed E-state index contributed by atoms with van der Waals surface area (Å²) in [4.78, 5) is 4.17. The van der Waals surface area contributed by atoms with Crippen LogP contribution < -0.4 is 0 Å². The molecule has 0 amide bonds. The molecule has 0 radical (unpaired) electrons. The number of halogens is 2. The highest BCUT2D eigenvalue weighted by molar-refractivity contribution is 7.13. The van der Waals surface area contributed by atoms with Crippen molar-refractivity contribution in [1.29, 1.82) is 5.26 Å². The van der Waals surface area contributed by atoms with Crippen LogP contribution in [0.4, 0.5) is 4.39 Å². The van der Waals surface area contributed by atoms with Crippen LogP contribution in [0.2, 0.25) is 5.02 Å². The molecule has 2 rings (SSSR count). The summed E-state index contributed by atoms with van der Waals surface area (Å²) in [5, 5.41) is 11.2. The van der Waals surface area contributed by atoms with Gasteiger partial charge in [0, 0.05) is 16.0 Å². The van der Waals surface area contributed by atoms with Gasteiger partial charge in [-0.15, -0.1) is 11.3 Å². The van der Waals surface area contributed by atoms with Crippen molar-refractivity contribution in [1.82, 2.24) is 4.98 Å². The van der Waals surface area contributed by atoms with Crippen molar-refractivity contribution in [2.24, 2.45) is 0 Å². The fraction of sp³-hybridized carbons (Fsp3) is 0.0909. The van der Waals surface area contributed by atoms with E-state index in [1.807, 2.05) is 6.07 Å². The maximum absolute atomic E-state index is 13.5. The zero-order valence-electron chi connectivity index (χ0n) is 8.08. The predicted octanol–water partition coefficient (Wildman–Crippen LogP) is 3.67. The maximum atomic E-state index is 13.5. The van der Waals surface area contributed by atoms with E-state index in [0.29, 0.717) is 21.3 Å². The van der Waals surface area contributed by atoms with Crippen molar-refractivity contribution in [2.75, 3.05) is 0 Å². The molecule has 0 bridgehead atoms. The van der Waals surface area contributed by atoms with E-state index in [1.165, 1.54) is 17.4 Å². The van der Waals surface area contributed by atoms with Gasteiger partial charge in [-0.05, 0) is 18.2 Å². The number of nitrogens with zero attached hydrogens (tertiary/aromatic N) is 2. The van der Waals surface area contributed by atoms with Gasteiger partial charge in [0.15, 0.2) is 0 Å². The SMILES string of the molecule is N#CCc1csc(-c2ccc(Cl)cc2F)n1. The average Bonchev–Trinajstić information content (AvgIpc) is 2.67. The Hall–Kier alpha value is -1.44. The summed E-state index contributed by atoms with van der Waals surface area (Å²) in [5.74, 6) is -0.398. The second-order valence-corrected chi connectivity index (χ2v) is 4.40. The third-order valence-electron chi connectivity index (χ3n) is 1.97. The molecule has 0 saturated carbocycles. The van der Waals surface area contributed by atoms with E-state index in [0.717, 1.165) is 0 Å². The Morgan fingerprint density at radius 1 is 1.50 bits per heavy atom. The molecule has 1 heterocycles. The lowest BCUT2D eigenvalue weighted by Gasteiger charge is -1.98. The Kier molecular flexibility index (Phi) is 3.18. The first kappa shape index (κ1) is 11.1. The molecule has 0 fully saturated rings. The maximum Gasteiger partial charge on any atom is 0.134 e. The molecule has 2 aromatic rings. The number of thiazole rings is 1. The topological polar surface area (TPSA) is 36.7 Å². The smallest absolute Gasteiger partial charge is 0.134 e. The van der Waals surface area contributed by atoms with Gasteiger partial charge in [0.2, 0.25) is 0 Å². The Labute approximate surface area is 101 Å². The van der Waals surface area contributed by atoms with Crippen molar-refractivity contribution in [3.63, 3.8) is 0 Å². The first-order chi connectivity index (χ1) is 7.70. The van der Waals surface area contributed by atoms with E-state index in [2.05, 4.69) is 4.98 Å².